The van der Waals surface area contributed by atoms with Crippen LogP contribution in [0.2, 0.25) is 0 Å². The minimum Gasteiger partial charge on any atom is -0.383 e. The van der Waals surface area contributed by atoms with Gasteiger partial charge in [0, 0.05) is 19.2 Å². The summed E-state index contributed by atoms with van der Waals surface area (Å²) >= 11 is 3.05. The van der Waals surface area contributed by atoms with Crippen molar-refractivity contribution in [3.05, 3.63) is 52.4 Å². The van der Waals surface area contributed by atoms with E-state index in [-0.39, 0.29) is 18.2 Å². The summed E-state index contributed by atoms with van der Waals surface area (Å²) in [4.78, 5) is 2.62. The Kier molecular flexibility index (Phi) is 6.93. The molecule has 22 heavy (non-hydrogen) atoms. The lowest BCUT2D eigenvalue weighted by Crippen LogP contribution is -2.26. The van der Waals surface area contributed by atoms with Crippen LogP contribution in [0.1, 0.15) is 16.0 Å². The highest BCUT2D eigenvalue weighted by Crippen LogP contribution is 2.31. The highest BCUT2D eigenvalue weighted by Gasteiger charge is 2.17. The summed E-state index contributed by atoms with van der Waals surface area (Å²) in [6.45, 7) is 0.679. The second kappa shape index (κ2) is 8.22. The first kappa shape index (κ1) is 18.5. The van der Waals surface area contributed by atoms with E-state index in [1.54, 1.807) is 11.8 Å². The number of nitrogen functional groups attached to an aromatic ring is 1. The van der Waals surface area contributed by atoms with Crippen LogP contribution in [0.5, 0.6) is 0 Å². The van der Waals surface area contributed by atoms with Crippen LogP contribution >= 0.6 is 35.5 Å². The number of rotatable bonds is 5. The molecule has 0 saturated carbocycles. The van der Waals surface area contributed by atoms with Gasteiger partial charge in [-0.05, 0) is 17.9 Å². The van der Waals surface area contributed by atoms with Gasteiger partial charge in [0.25, 0.3) is 0 Å². The van der Waals surface area contributed by atoms with E-state index in [0.29, 0.717) is 17.3 Å². The molecule has 1 aromatic carbocycles. The molecule has 1 aromatic heterocycles. The molecule has 0 radical (unpaired) electrons. The van der Waals surface area contributed by atoms with Crippen LogP contribution in [0.4, 0.5) is 0 Å². The molecule has 0 aliphatic carbocycles. The van der Waals surface area contributed by atoms with Gasteiger partial charge in [-0.25, -0.2) is 0 Å². The third-order valence-electron chi connectivity index (χ3n) is 3.05. The van der Waals surface area contributed by atoms with Crippen molar-refractivity contribution in [3.63, 3.8) is 0 Å². The van der Waals surface area contributed by atoms with E-state index >= 15 is 0 Å². The number of nitrogens with zero attached hydrogens (tertiary/aromatic N) is 1. The van der Waals surface area contributed by atoms with Gasteiger partial charge in [-0.3, -0.25) is 10.8 Å². The molecule has 0 saturated heterocycles. The Morgan fingerprint density at radius 2 is 1.91 bits per heavy atom. The molecule has 0 amide bonds. The van der Waals surface area contributed by atoms with E-state index in [9.17, 15) is 0 Å². The van der Waals surface area contributed by atoms with Crippen molar-refractivity contribution in [2.75, 3.05) is 13.3 Å². The number of hydrogen-bond donors (Lipinski definition) is 3. The first-order valence-electron chi connectivity index (χ1n) is 6.39. The Morgan fingerprint density at radius 1 is 1.27 bits per heavy atom. The van der Waals surface area contributed by atoms with Crippen molar-refractivity contribution < 1.29 is 0 Å². The Morgan fingerprint density at radius 3 is 2.45 bits per heavy atom. The molecule has 7 heteroatoms. The van der Waals surface area contributed by atoms with Crippen molar-refractivity contribution in [1.29, 1.82) is 10.8 Å². The normalized spacial score (nSPS) is 9.91. The minimum atomic E-state index is 0. The number of halogens is 1. The monoisotopic (exact) mass is 354 g/mol. The number of benzene rings is 1. The quantitative estimate of drug-likeness (QED) is 0.436. The zero-order valence-electron chi connectivity index (χ0n) is 12.4. The summed E-state index contributed by atoms with van der Waals surface area (Å²) < 4.78 is 1.02. The third-order valence-corrected chi connectivity index (χ3v) is 5.35. The van der Waals surface area contributed by atoms with Crippen LogP contribution in [0, 0.1) is 10.8 Å². The number of thiophene rings is 1. The van der Waals surface area contributed by atoms with Gasteiger partial charge in [-0.1, -0.05) is 30.3 Å². The summed E-state index contributed by atoms with van der Waals surface area (Å²) in [5.74, 6) is 0.506. The molecule has 1 heterocycles. The molecule has 0 spiro atoms. The molecule has 118 valence electrons. The van der Waals surface area contributed by atoms with Crippen LogP contribution in [0.25, 0.3) is 0 Å². The lowest BCUT2D eigenvalue weighted by molar-refractivity contribution is 0.498. The maximum Gasteiger partial charge on any atom is 0.133 e. The van der Waals surface area contributed by atoms with Crippen molar-refractivity contribution in [3.8, 4) is 0 Å². The van der Waals surface area contributed by atoms with Crippen LogP contribution in [0.15, 0.2) is 40.6 Å². The fraction of sp³-hybridized carbons (Fsp3) is 0.200. The maximum absolute atomic E-state index is 8.39. The molecule has 0 bridgehead atoms. The Balaban J connectivity index is 0.00000242. The topological polar surface area (TPSA) is 77.0 Å². The molecule has 0 atom stereocenters. The smallest absolute Gasteiger partial charge is 0.133 e. The summed E-state index contributed by atoms with van der Waals surface area (Å²) in [6.07, 6.45) is 1.98. The van der Waals surface area contributed by atoms with Gasteiger partial charge in [-0.2, -0.15) is 0 Å². The molecule has 2 aromatic rings. The Bertz CT molecular complexity index is 655. The second-order valence-electron chi connectivity index (χ2n) is 4.62. The Hall–Kier alpha value is -1.50. The summed E-state index contributed by atoms with van der Waals surface area (Å²) in [5, 5.41) is 15.9. The van der Waals surface area contributed by atoms with Gasteiger partial charge < -0.3 is 10.6 Å². The molecule has 0 aliphatic heterocycles. The molecule has 4 nitrogen and oxygen atoms in total. The predicted octanol–water partition coefficient (Wildman–Crippen LogP) is 3.63. The number of amidine groups is 2. The van der Waals surface area contributed by atoms with Gasteiger partial charge in [0.05, 0.1) is 9.09 Å². The van der Waals surface area contributed by atoms with Gasteiger partial charge >= 0.3 is 0 Å². The zero-order chi connectivity index (χ0) is 15.4. The molecule has 0 aliphatic rings. The van der Waals surface area contributed by atoms with Gasteiger partial charge in [0.15, 0.2) is 0 Å². The highest BCUT2D eigenvalue weighted by molar-refractivity contribution is 8.00. The number of thioether (sulfide) groups is 1. The maximum atomic E-state index is 8.39. The largest absolute Gasteiger partial charge is 0.383 e. The van der Waals surface area contributed by atoms with E-state index < -0.39 is 0 Å². The molecule has 4 N–H and O–H groups in total. The van der Waals surface area contributed by atoms with Gasteiger partial charge in [-0.15, -0.1) is 35.5 Å². The van der Waals surface area contributed by atoms with E-state index in [2.05, 4.69) is 0 Å². The van der Waals surface area contributed by atoms with Crippen molar-refractivity contribution in [1.82, 2.24) is 4.90 Å². The molecule has 2 rings (SSSR count). The molecular formula is C15H19ClN4S2. The van der Waals surface area contributed by atoms with Crippen molar-refractivity contribution in [2.24, 2.45) is 5.73 Å². The first-order chi connectivity index (χ1) is 10.0. The number of nitrogens with two attached hydrogens (primary N) is 1. The average Bonchev–Trinajstić information content (AvgIpc) is 2.91. The molecular weight excluding hydrogens is 336 g/mol. The summed E-state index contributed by atoms with van der Waals surface area (Å²) in [5.41, 5.74) is 7.56. The number of hydrogen-bond acceptors (Lipinski definition) is 4. The van der Waals surface area contributed by atoms with Crippen LogP contribution < -0.4 is 5.73 Å². The van der Waals surface area contributed by atoms with E-state index in [4.69, 9.17) is 16.6 Å². The minimum absolute atomic E-state index is 0. The van der Waals surface area contributed by atoms with Gasteiger partial charge in [0.1, 0.15) is 11.7 Å². The van der Waals surface area contributed by atoms with Crippen molar-refractivity contribution in [2.45, 2.75) is 10.8 Å². The van der Waals surface area contributed by atoms with E-state index in [1.165, 1.54) is 11.3 Å². The predicted molar refractivity (Wildman–Crippen MR) is 99.1 cm³/mol. The van der Waals surface area contributed by atoms with Crippen LogP contribution in [-0.4, -0.2) is 29.9 Å². The third kappa shape index (κ3) is 4.25. The van der Waals surface area contributed by atoms with E-state index in [1.807, 2.05) is 54.6 Å². The zero-order valence-corrected chi connectivity index (χ0v) is 14.9. The highest BCUT2D eigenvalue weighted by atomic mass is 35.5. The lowest BCUT2D eigenvalue weighted by atomic mass is 10.2. The van der Waals surface area contributed by atoms with Crippen molar-refractivity contribution >= 4 is 47.2 Å². The fourth-order valence-corrected chi connectivity index (χ4v) is 3.70. The first-order valence-corrected chi connectivity index (χ1v) is 8.43. The molecule has 0 unspecified atom stereocenters. The Labute approximate surface area is 145 Å². The lowest BCUT2D eigenvalue weighted by Gasteiger charge is -2.20. The average molecular weight is 355 g/mol. The van der Waals surface area contributed by atoms with E-state index in [0.717, 1.165) is 15.3 Å². The molecule has 0 fully saturated rings. The van der Waals surface area contributed by atoms with Gasteiger partial charge in [0.2, 0.25) is 0 Å². The summed E-state index contributed by atoms with van der Waals surface area (Å²) in [6, 6.07) is 11.9. The fourth-order valence-electron chi connectivity index (χ4n) is 1.97. The van der Waals surface area contributed by atoms with Crippen LogP contribution in [0.3, 0.4) is 0 Å². The standard InChI is InChI=1S/C15H18N4S2.ClH/c1-19(9-10-6-4-3-5-7-10)14(18)11-8-12(13(16)17)21-15(11)20-2;/h3-8,18H,9H2,1-2H3,(H3,16,17);1H. The number of nitrogens with one attached hydrogen (secondary N) is 2. The van der Waals surface area contributed by atoms with Crippen LogP contribution in [-0.2, 0) is 6.54 Å². The SMILES string of the molecule is CSc1sc(C(=N)N)cc1C(=N)N(C)Cc1ccccc1.Cl. The second-order valence-corrected chi connectivity index (χ2v) is 6.75. The summed E-state index contributed by atoms with van der Waals surface area (Å²) in [7, 11) is 1.91.